The number of piperidine rings is 1. The largest absolute Gasteiger partial charge is 0.306 e. The van der Waals surface area contributed by atoms with Gasteiger partial charge in [-0.15, -0.1) is 11.6 Å². The number of rotatable bonds is 4. The lowest BCUT2D eigenvalue weighted by molar-refractivity contribution is 0.134. The van der Waals surface area contributed by atoms with Crippen LogP contribution < -0.4 is 0 Å². The predicted molar refractivity (Wildman–Crippen MR) is 63.0 cm³/mol. The first-order chi connectivity index (χ1) is 6.63. The fraction of sp³-hybridized carbons (Fsp3) is 1.00. The molecule has 1 aliphatic rings. The average molecular weight is 219 g/mol. The van der Waals surface area contributed by atoms with Gasteiger partial charge in [0.25, 0.3) is 0 Å². The van der Waals surface area contributed by atoms with Gasteiger partial charge in [0.2, 0.25) is 0 Å². The third kappa shape index (κ3) is 3.76. The molecule has 0 aliphatic carbocycles. The molecule has 3 heteroatoms. The molecule has 0 aromatic heterocycles. The van der Waals surface area contributed by atoms with Crippen LogP contribution in [-0.4, -0.2) is 55.5 Å². The van der Waals surface area contributed by atoms with Crippen LogP contribution in [0.1, 0.15) is 19.8 Å². The summed E-state index contributed by atoms with van der Waals surface area (Å²) in [4.78, 5) is 4.90. The van der Waals surface area contributed by atoms with Gasteiger partial charge in [-0.25, -0.2) is 0 Å². The van der Waals surface area contributed by atoms with Crippen molar-refractivity contribution in [3.05, 3.63) is 0 Å². The van der Waals surface area contributed by atoms with Gasteiger partial charge in [-0.05, 0) is 45.9 Å². The Labute approximate surface area is 93.2 Å². The van der Waals surface area contributed by atoms with E-state index in [9.17, 15) is 0 Å². The lowest BCUT2D eigenvalue weighted by Crippen LogP contribution is -2.43. The minimum absolute atomic E-state index is 0.612. The van der Waals surface area contributed by atoms with Gasteiger partial charge >= 0.3 is 0 Å². The van der Waals surface area contributed by atoms with Gasteiger partial charge in [-0.3, -0.25) is 0 Å². The molecule has 1 saturated heterocycles. The first-order valence-corrected chi connectivity index (χ1v) is 6.11. The Morgan fingerprint density at radius 3 is 2.50 bits per heavy atom. The van der Waals surface area contributed by atoms with E-state index in [4.69, 9.17) is 11.6 Å². The van der Waals surface area contributed by atoms with Gasteiger partial charge in [0, 0.05) is 18.5 Å². The van der Waals surface area contributed by atoms with E-state index in [2.05, 4.69) is 30.8 Å². The highest BCUT2D eigenvalue weighted by atomic mass is 35.5. The lowest BCUT2D eigenvalue weighted by atomic mass is 10.0. The third-order valence-electron chi connectivity index (χ3n) is 3.17. The van der Waals surface area contributed by atoms with Crippen LogP contribution in [0, 0.1) is 5.92 Å². The highest BCUT2D eigenvalue weighted by Gasteiger charge is 2.21. The molecule has 1 rings (SSSR count). The number of alkyl halides is 1. The van der Waals surface area contributed by atoms with Crippen LogP contribution in [0.15, 0.2) is 0 Å². The zero-order chi connectivity index (χ0) is 10.6. The second-order valence-electron chi connectivity index (χ2n) is 4.73. The Balaban J connectivity index is 2.26. The molecule has 0 saturated carbocycles. The van der Waals surface area contributed by atoms with Crippen LogP contribution >= 0.6 is 11.6 Å². The molecule has 0 N–H and O–H groups in total. The first kappa shape index (κ1) is 12.3. The third-order valence-corrected chi connectivity index (χ3v) is 3.70. The molecule has 1 aliphatic heterocycles. The number of hydrogen-bond donors (Lipinski definition) is 0. The maximum Gasteiger partial charge on any atom is 0.0261 e. The van der Waals surface area contributed by atoms with Crippen molar-refractivity contribution in [2.75, 3.05) is 39.6 Å². The summed E-state index contributed by atoms with van der Waals surface area (Å²) < 4.78 is 0. The molecule has 1 unspecified atom stereocenters. The number of nitrogens with zero attached hydrogens (tertiary/aromatic N) is 2. The molecule has 0 aromatic rings. The van der Waals surface area contributed by atoms with Gasteiger partial charge in [0.05, 0.1) is 0 Å². The van der Waals surface area contributed by atoms with E-state index < -0.39 is 0 Å². The SMILES string of the molecule is CC(CCl)CN(C)C1CCN(C)CC1. The maximum atomic E-state index is 5.82. The number of likely N-dealkylation sites (tertiary alicyclic amines) is 1. The van der Waals surface area contributed by atoms with E-state index in [0.29, 0.717) is 5.92 Å². The smallest absolute Gasteiger partial charge is 0.0261 e. The van der Waals surface area contributed by atoms with E-state index in [0.717, 1.165) is 18.5 Å². The van der Waals surface area contributed by atoms with Crippen molar-refractivity contribution in [2.45, 2.75) is 25.8 Å². The summed E-state index contributed by atoms with van der Waals surface area (Å²) in [5.74, 6) is 1.39. The summed E-state index contributed by atoms with van der Waals surface area (Å²) in [5, 5.41) is 0. The van der Waals surface area contributed by atoms with Crippen molar-refractivity contribution in [1.29, 1.82) is 0 Å². The minimum Gasteiger partial charge on any atom is -0.306 e. The van der Waals surface area contributed by atoms with Crippen LogP contribution in [0.2, 0.25) is 0 Å². The van der Waals surface area contributed by atoms with E-state index in [1.165, 1.54) is 25.9 Å². The van der Waals surface area contributed by atoms with Crippen molar-refractivity contribution in [3.63, 3.8) is 0 Å². The number of halogens is 1. The number of hydrogen-bond acceptors (Lipinski definition) is 2. The molecule has 0 radical (unpaired) electrons. The Kier molecular flexibility index (Phi) is 5.21. The van der Waals surface area contributed by atoms with Gasteiger partial charge in [-0.1, -0.05) is 6.92 Å². The fourth-order valence-corrected chi connectivity index (χ4v) is 2.22. The summed E-state index contributed by atoms with van der Waals surface area (Å²) >= 11 is 5.82. The summed E-state index contributed by atoms with van der Waals surface area (Å²) in [7, 11) is 4.44. The maximum absolute atomic E-state index is 5.82. The highest BCUT2D eigenvalue weighted by Crippen LogP contribution is 2.15. The van der Waals surface area contributed by atoms with Crippen LogP contribution in [0.3, 0.4) is 0 Å². The second kappa shape index (κ2) is 5.94. The molecule has 84 valence electrons. The molecule has 0 spiro atoms. The second-order valence-corrected chi connectivity index (χ2v) is 5.04. The fourth-order valence-electron chi connectivity index (χ4n) is 2.13. The summed E-state index contributed by atoms with van der Waals surface area (Å²) in [6, 6.07) is 0.775. The van der Waals surface area contributed by atoms with E-state index in [-0.39, 0.29) is 0 Å². The monoisotopic (exact) mass is 218 g/mol. The predicted octanol–water partition coefficient (Wildman–Crippen LogP) is 1.89. The van der Waals surface area contributed by atoms with Gasteiger partial charge in [-0.2, -0.15) is 0 Å². The van der Waals surface area contributed by atoms with E-state index in [1.54, 1.807) is 0 Å². The van der Waals surface area contributed by atoms with Crippen molar-refractivity contribution in [2.24, 2.45) is 5.92 Å². The topological polar surface area (TPSA) is 6.48 Å². The Hall–Kier alpha value is 0.210. The minimum atomic E-state index is 0.612. The molecular formula is C11H23ClN2. The molecule has 0 aromatic carbocycles. The molecule has 2 nitrogen and oxygen atoms in total. The lowest BCUT2D eigenvalue weighted by Gasteiger charge is -2.36. The Bertz CT molecular complexity index is 155. The average Bonchev–Trinajstić information content (AvgIpc) is 2.18. The molecule has 1 fully saturated rings. The Morgan fingerprint density at radius 1 is 1.43 bits per heavy atom. The van der Waals surface area contributed by atoms with Crippen LogP contribution in [0.4, 0.5) is 0 Å². The van der Waals surface area contributed by atoms with Crippen LogP contribution in [-0.2, 0) is 0 Å². The normalized spacial score (nSPS) is 22.9. The molecule has 1 atom stereocenters. The first-order valence-electron chi connectivity index (χ1n) is 5.58. The quantitative estimate of drug-likeness (QED) is 0.665. The van der Waals surface area contributed by atoms with Crippen molar-refractivity contribution in [1.82, 2.24) is 9.80 Å². The molecule has 1 heterocycles. The van der Waals surface area contributed by atoms with E-state index in [1.807, 2.05) is 0 Å². The molecule has 14 heavy (non-hydrogen) atoms. The Morgan fingerprint density at radius 2 is 2.00 bits per heavy atom. The van der Waals surface area contributed by atoms with Crippen molar-refractivity contribution < 1.29 is 0 Å². The van der Waals surface area contributed by atoms with Gasteiger partial charge in [0.15, 0.2) is 0 Å². The van der Waals surface area contributed by atoms with Crippen LogP contribution in [0.25, 0.3) is 0 Å². The molecule has 0 amide bonds. The zero-order valence-electron chi connectivity index (χ0n) is 9.67. The summed E-state index contributed by atoms with van der Waals surface area (Å²) in [6.45, 7) is 5.84. The van der Waals surface area contributed by atoms with E-state index >= 15 is 0 Å². The molecule has 0 bridgehead atoms. The van der Waals surface area contributed by atoms with Gasteiger partial charge < -0.3 is 9.80 Å². The zero-order valence-corrected chi connectivity index (χ0v) is 10.4. The van der Waals surface area contributed by atoms with Crippen LogP contribution in [0.5, 0.6) is 0 Å². The summed E-state index contributed by atoms with van der Waals surface area (Å²) in [5.41, 5.74) is 0. The van der Waals surface area contributed by atoms with Gasteiger partial charge in [0.1, 0.15) is 0 Å². The molecular weight excluding hydrogens is 196 g/mol. The highest BCUT2D eigenvalue weighted by molar-refractivity contribution is 6.18. The standard InChI is InChI=1S/C11H23ClN2/c1-10(8-12)9-14(3)11-4-6-13(2)7-5-11/h10-11H,4-9H2,1-3H3. The van der Waals surface area contributed by atoms with Crippen molar-refractivity contribution >= 4 is 11.6 Å². The summed E-state index contributed by atoms with van der Waals surface area (Å²) in [6.07, 6.45) is 2.62. The van der Waals surface area contributed by atoms with Crippen molar-refractivity contribution in [3.8, 4) is 0 Å².